The Morgan fingerprint density at radius 2 is 1.88 bits per heavy atom. The maximum atomic E-state index is 6.11. The molecule has 0 amide bonds. The smallest absolute Gasteiger partial charge is 0.0297 e. The van der Waals surface area contributed by atoms with E-state index in [4.69, 9.17) is 23.2 Å². The van der Waals surface area contributed by atoms with Gasteiger partial charge in [-0.3, -0.25) is 0 Å². The second kappa shape index (κ2) is 6.28. The van der Waals surface area contributed by atoms with Crippen LogP contribution in [-0.2, 0) is 6.42 Å². The van der Waals surface area contributed by atoms with Crippen molar-refractivity contribution in [2.75, 3.05) is 11.8 Å². The van der Waals surface area contributed by atoms with Gasteiger partial charge in [-0.15, -0.1) is 23.2 Å². The van der Waals surface area contributed by atoms with Crippen LogP contribution in [0.5, 0.6) is 0 Å². The molecule has 3 heteroatoms. The molecule has 0 N–H and O–H groups in total. The van der Waals surface area contributed by atoms with E-state index < -0.39 is 0 Å². The summed E-state index contributed by atoms with van der Waals surface area (Å²) in [6.07, 6.45) is 0.928. The average molecular weight is 324 g/mol. The van der Waals surface area contributed by atoms with Crippen LogP contribution < -0.4 is 0 Å². The highest BCUT2D eigenvalue weighted by atomic mass is 79.9. The lowest BCUT2D eigenvalue weighted by atomic mass is 9.76. The van der Waals surface area contributed by atoms with E-state index in [1.54, 1.807) is 0 Å². The van der Waals surface area contributed by atoms with Gasteiger partial charge in [0.25, 0.3) is 0 Å². The van der Waals surface area contributed by atoms with Gasteiger partial charge in [0.2, 0.25) is 0 Å². The van der Waals surface area contributed by atoms with Gasteiger partial charge in [-0.25, -0.2) is 0 Å². The zero-order chi connectivity index (χ0) is 12.2. The first-order valence-corrected chi connectivity index (χ1v) is 7.26. The van der Waals surface area contributed by atoms with Gasteiger partial charge in [0, 0.05) is 21.6 Å². The number of rotatable bonds is 5. The Hall–Kier alpha value is 0.280. The molecule has 0 atom stereocenters. The van der Waals surface area contributed by atoms with E-state index >= 15 is 0 Å². The quantitative estimate of drug-likeness (QED) is 0.660. The zero-order valence-electron chi connectivity index (χ0n) is 9.64. The molecular formula is C13H17BrCl2. The topological polar surface area (TPSA) is 0 Å². The Kier molecular flexibility index (Phi) is 5.63. The van der Waals surface area contributed by atoms with E-state index in [2.05, 4.69) is 41.9 Å². The Morgan fingerprint density at radius 1 is 1.25 bits per heavy atom. The van der Waals surface area contributed by atoms with Crippen molar-refractivity contribution in [2.24, 2.45) is 11.3 Å². The minimum Gasteiger partial charge on any atom is -0.126 e. The first kappa shape index (κ1) is 14.3. The van der Waals surface area contributed by atoms with Crippen molar-refractivity contribution in [2.45, 2.75) is 20.3 Å². The van der Waals surface area contributed by atoms with Crippen molar-refractivity contribution in [1.82, 2.24) is 0 Å². The second-order valence-electron chi connectivity index (χ2n) is 4.59. The van der Waals surface area contributed by atoms with Crippen molar-refractivity contribution in [3.05, 3.63) is 34.3 Å². The van der Waals surface area contributed by atoms with Crippen LogP contribution in [0, 0.1) is 11.3 Å². The van der Waals surface area contributed by atoms with Crippen LogP contribution in [0.2, 0.25) is 0 Å². The third-order valence-corrected chi connectivity index (χ3v) is 4.76. The third-order valence-electron chi connectivity index (χ3n) is 3.20. The van der Waals surface area contributed by atoms with E-state index in [1.165, 1.54) is 5.56 Å². The summed E-state index contributed by atoms with van der Waals surface area (Å²) in [5.41, 5.74) is 1.27. The maximum absolute atomic E-state index is 6.11. The molecule has 0 spiro atoms. The zero-order valence-corrected chi connectivity index (χ0v) is 12.7. The van der Waals surface area contributed by atoms with Gasteiger partial charge in [-0.2, -0.15) is 0 Å². The van der Waals surface area contributed by atoms with Gasteiger partial charge in [0.1, 0.15) is 0 Å². The Morgan fingerprint density at radius 3 is 2.31 bits per heavy atom. The summed E-state index contributed by atoms with van der Waals surface area (Å²) in [4.78, 5) is 0. The van der Waals surface area contributed by atoms with Crippen molar-refractivity contribution < 1.29 is 0 Å². The van der Waals surface area contributed by atoms with E-state index in [0.29, 0.717) is 17.7 Å². The lowest BCUT2D eigenvalue weighted by Crippen LogP contribution is -2.34. The van der Waals surface area contributed by atoms with Gasteiger partial charge < -0.3 is 0 Å². The standard InChI is InChI=1S/C13H17BrCl2/c1-10(2)13(8-15,9-16)7-11-4-3-5-12(14)6-11/h3-6,10H,7-9H2,1-2H3. The molecule has 1 aromatic carbocycles. The summed E-state index contributed by atoms with van der Waals surface area (Å²) in [7, 11) is 0. The van der Waals surface area contributed by atoms with Gasteiger partial charge >= 0.3 is 0 Å². The number of alkyl halides is 2. The molecule has 0 aliphatic rings. The van der Waals surface area contributed by atoms with Crippen molar-refractivity contribution >= 4 is 39.1 Å². The molecular weight excluding hydrogens is 307 g/mol. The van der Waals surface area contributed by atoms with Crippen LogP contribution in [0.15, 0.2) is 28.7 Å². The van der Waals surface area contributed by atoms with Crippen LogP contribution in [0.4, 0.5) is 0 Å². The normalized spacial score (nSPS) is 12.1. The molecule has 0 aliphatic carbocycles. The van der Waals surface area contributed by atoms with Gasteiger partial charge in [0.05, 0.1) is 0 Å². The summed E-state index contributed by atoms with van der Waals surface area (Å²) >= 11 is 15.7. The van der Waals surface area contributed by atoms with Gasteiger partial charge in [0.15, 0.2) is 0 Å². The van der Waals surface area contributed by atoms with E-state index in [-0.39, 0.29) is 5.41 Å². The van der Waals surface area contributed by atoms with Crippen LogP contribution in [0.1, 0.15) is 19.4 Å². The summed E-state index contributed by atoms with van der Waals surface area (Å²) in [6.45, 7) is 4.37. The van der Waals surface area contributed by atoms with Crippen molar-refractivity contribution in [3.63, 3.8) is 0 Å². The van der Waals surface area contributed by atoms with Crippen LogP contribution >= 0.6 is 39.1 Å². The lowest BCUT2D eigenvalue weighted by molar-refractivity contribution is 0.259. The minimum atomic E-state index is -0.0100. The fourth-order valence-corrected chi connectivity index (χ4v) is 3.23. The predicted molar refractivity (Wildman–Crippen MR) is 76.6 cm³/mol. The minimum absolute atomic E-state index is 0.0100. The molecule has 0 aromatic heterocycles. The lowest BCUT2D eigenvalue weighted by Gasteiger charge is -2.34. The SMILES string of the molecule is CC(C)C(CCl)(CCl)Cc1cccc(Br)c1. The van der Waals surface area contributed by atoms with E-state index in [9.17, 15) is 0 Å². The monoisotopic (exact) mass is 322 g/mol. The summed E-state index contributed by atoms with van der Waals surface area (Å²) in [5, 5.41) is 0. The molecule has 0 aliphatic heterocycles. The van der Waals surface area contributed by atoms with Gasteiger partial charge in [-0.05, 0) is 30.0 Å². The largest absolute Gasteiger partial charge is 0.126 e. The first-order chi connectivity index (χ1) is 7.54. The number of hydrogen-bond donors (Lipinski definition) is 0. The highest BCUT2D eigenvalue weighted by molar-refractivity contribution is 9.10. The first-order valence-electron chi connectivity index (χ1n) is 5.40. The van der Waals surface area contributed by atoms with E-state index in [0.717, 1.165) is 10.9 Å². The Bertz CT molecular complexity index is 332. The molecule has 0 saturated carbocycles. The summed E-state index contributed by atoms with van der Waals surface area (Å²) in [5.74, 6) is 1.67. The number of hydrogen-bond acceptors (Lipinski definition) is 0. The molecule has 90 valence electrons. The fourth-order valence-electron chi connectivity index (χ4n) is 1.70. The third kappa shape index (κ3) is 3.38. The van der Waals surface area contributed by atoms with Gasteiger partial charge in [-0.1, -0.05) is 41.9 Å². The second-order valence-corrected chi connectivity index (χ2v) is 6.04. The average Bonchev–Trinajstić information content (AvgIpc) is 2.25. The Labute approximate surface area is 116 Å². The molecule has 0 radical (unpaired) electrons. The highest BCUT2D eigenvalue weighted by Crippen LogP contribution is 2.35. The van der Waals surface area contributed by atoms with Crippen LogP contribution in [0.25, 0.3) is 0 Å². The highest BCUT2D eigenvalue weighted by Gasteiger charge is 2.32. The number of benzene rings is 1. The molecule has 0 nitrogen and oxygen atoms in total. The molecule has 0 saturated heterocycles. The number of halogens is 3. The van der Waals surface area contributed by atoms with Crippen molar-refractivity contribution in [3.8, 4) is 0 Å². The summed E-state index contributed by atoms with van der Waals surface area (Å²) in [6, 6.07) is 8.34. The van der Waals surface area contributed by atoms with E-state index in [1.807, 2.05) is 12.1 Å². The molecule has 0 unspecified atom stereocenters. The Balaban J connectivity index is 2.91. The predicted octanol–water partition coefficient (Wildman–Crippen LogP) is 5.11. The van der Waals surface area contributed by atoms with Crippen LogP contribution in [0.3, 0.4) is 0 Å². The molecule has 16 heavy (non-hydrogen) atoms. The van der Waals surface area contributed by atoms with Crippen LogP contribution in [-0.4, -0.2) is 11.8 Å². The fraction of sp³-hybridized carbons (Fsp3) is 0.538. The molecule has 0 heterocycles. The van der Waals surface area contributed by atoms with Crippen molar-refractivity contribution in [1.29, 1.82) is 0 Å². The molecule has 0 bridgehead atoms. The molecule has 1 rings (SSSR count). The molecule has 0 fully saturated rings. The molecule has 1 aromatic rings. The summed E-state index contributed by atoms with van der Waals surface area (Å²) < 4.78 is 1.10. The maximum Gasteiger partial charge on any atom is 0.0297 e.